The van der Waals surface area contributed by atoms with Gasteiger partial charge >= 0.3 is 0 Å². The van der Waals surface area contributed by atoms with E-state index in [-0.39, 0.29) is 18.3 Å². The van der Waals surface area contributed by atoms with Gasteiger partial charge in [0.05, 0.1) is 0 Å². The number of rotatable bonds is 5. The van der Waals surface area contributed by atoms with E-state index in [2.05, 4.69) is 11.5 Å². The molecule has 1 fully saturated rings. The number of amides is 1. The summed E-state index contributed by atoms with van der Waals surface area (Å²) < 4.78 is 31.2. The van der Waals surface area contributed by atoms with E-state index in [1.54, 1.807) is 4.90 Å². The van der Waals surface area contributed by atoms with Crippen LogP contribution >= 0.6 is 0 Å². The Balaban J connectivity index is 1.81. The number of hydrogen-bond donors (Lipinski definition) is 0. The standard InChI is InChI=1S/C15H18F2N2O2/c1-2-5-18-6-8-19(9-7-18)15(20)11-21-14-4-3-12(16)10-13(14)17/h2-4,10H,1,5-9,11H2. The number of carbonyl (C=O) groups is 1. The molecule has 0 aromatic heterocycles. The first-order chi connectivity index (χ1) is 10.1. The van der Waals surface area contributed by atoms with Gasteiger partial charge in [-0.05, 0) is 12.1 Å². The van der Waals surface area contributed by atoms with Gasteiger partial charge in [-0.25, -0.2) is 8.78 Å². The Kier molecular flexibility index (Phi) is 5.27. The van der Waals surface area contributed by atoms with Gasteiger partial charge in [0.2, 0.25) is 0 Å². The summed E-state index contributed by atoms with van der Waals surface area (Å²) in [5.74, 6) is -1.80. The fourth-order valence-electron chi connectivity index (χ4n) is 2.19. The highest BCUT2D eigenvalue weighted by molar-refractivity contribution is 5.77. The first kappa shape index (κ1) is 15.4. The Bertz CT molecular complexity index is 514. The highest BCUT2D eigenvalue weighted by Crippen LogP contribution is 2.17. The van der Waals surface area contributed by atoms with Crippen LogP contribution in [0, 0.1) is 11.6 Å². The first-order valence-electron chi connectivity index (χ1n) is 6.79. The number of carbonyl (C=O) groups excluding carboxylic acids is 1. The topological polar surface area (TPSA) is 32.8 Å². The Morgan fingerprint density at radius 2 is 2.00 bits per heavy atom. The first-order valence-corrected chi connectivity index (χ1v) is 6.79. The van der Waals surface area contributed by atoms with Crippen LogP contribution in [0.3, 0.4) is 0 Å². The van der Waals surface area contributed by atoms with E-state index in [1.165, 1.54) is 6.07 Å². The van der Waals surface area contributed by atoms with Crippen LogP contribution in [0.4, 0.5) is 8.78 Å². The van der Waals surface area contributed by atoms with Gasteiger partial charge < -0.3 is 9.64 Å². The lowest BCUT2D eigenvalue weighted by Gasteiger charge is -2.34. The normalized spacial score (nSPS) is 15.8. The molecule has 0 N–H and O–H groups in total. The van der Waals surface area contributed by atoms with Crippen molar-refractivity contribution in [2.24, 2.45) is 0 Å². The lowest BCUT2D eigenvalue weighted by atomic mass is 10.3. The maximum absolute atomic E-state index is 13.4. The van der Waals surface area contributed by atoms with Crippen molar-refractivity contribution in [1.82, 2.24) is 9.80 Å². The van der Waals surface area contributed by atoms with E-state index in [0.717, 1.165) is 31.8 Å². The summed E-state index contributed by atoms with van der Waals surface area (Å²) in [6.45, 7) is 7.03. The molecule has 0 atom stereocenters. The van der Waals surface area contributed by atoms with E-state index < -0.39 is 11.6 Å². The van der Waals surface area contributed by atoms with Crippen LogP contribution in [0.2, 0.25) is 0 Å². The number of benzene rings is 1. The van der Waals surface area contributed by atoms with Gasteiger partial charge in [0.15, 0.2) is 18.2 Å². The monoisotopic (exact) mass is 296 g/mol. The molecule has 1 aliphatic rings. The van der Waals surface area contributed by atoms with Gasteiger partial charge in [0.1, 0.15) is 5.82 Å². The van der Waals surface area contributed by atoms with Gasteiger partial charge in [-0.3, -0.25) is 9.69 Å². The van der Waals surface area contributed by atoms with Crippen LogP contribution in [-0.4, -0.2) is 55.0 Å². The average molecular weight is 296 g/mol. The Hall–Kier alpha value is -1.95. The summed E-state index contributed by atoms with van der Waals surface area (Å²) >= 11 is 0. The Morgan fingerprint density at radius 1 is 1.29 bits per heavy atom. The number of hydrogen-bond acceptors (Lipinski definition) is 3. The largest absolute Gasteiger partial charge is 0.481 e. The summed E-state index contributed by atoms with van der Waals surface area (Å²) in [5.41, 5.74) is 0. The zero-order valence-electron chi connectivity index (χ0n) is 11.7. The summed E-state index contributed by atoms with van der Waals surface area (Å²) in [5, 5.41) is 0. The van der Waals surface area contributed by atoms with Crippen LogP contribution in [0.1, 0.15) is 0 Å². The molecule has 1 aliphatic heterocycles. The number of piperazine rings is 1. The van der Waals surface area contributed by atoms with Crippen molar-refractivity contribution >= 4 is 5.91 Å². The van der Waals surface area contributed by atoms with Crippen molar-refractivity contribution in [2.75, 3.05) is 39.3 Å². The summed E-state index contributed by atoms with van der Waals surface area (Å²) in [4.78, 5) is 15.9. The van der Waals surface area contributed by atoms with Crippen LogP contribution in [0.5, 0.6) is 5.75 Å². The van der Waals surface area contributed by atoms with Gasteiger partial charge in [-0.15, -0.1) is 6.58 Å². The predicted molar refractivity (Wildman–Crippen MR) is 75.1 cm³/mol. The fourth-order valence-corrected chi connectivity index (χ4v) is 2.19. The molecule has 1 amide bonds. The SMILES string of the molecule is C=CCN1CCN(C(=O)COc2ccc(F)cc2F)CC1. The second-order valence-corrected chi connectivity index (χ2v) is 4.83. The minimum absolute atomic E-state index is 0.116. The molecule has 1 saturated heterocycles. The summed E-state index contributed by atoms with van der Waals surface area (Å²) in [6, 6.07) is 3.00. The molecule has 114 valence electrons. The van der Waals surface area contributed by atoms with E-state index in [0.29, 0.717) is 13.1 Å². The highest BCUT2D eigenvalue weighted by atomic mass is 19.1. The molecule has 1 aromatic rings. The van der Waals surface area contributed by atoms with Crippen LogP contribution < -0.4 is 4.74 Å². The van der Waals surface area contributed by atoms with E-state index >= 15 is 0 Å². The average Bonchev–Trinajstić information content (AvgIpc) is 2.47. The number of nitrogens with zero attached hydrogens (tertiary/aromatic N) is 2. The molecule has 0 spiro atoms. The smallest absolute Gasteiger partial charge is 0.260 e. The Morgan fingerprint density at radius 3 is 2.62 bits per heavy atom. The van der Waals surface area contributed by atoms with Crippen molar-refractivity contribution in [3.63, 3.8) is 0 Å². The van der Waals surface area contributed by atoms with Gasteiger partial charge in [-0.2, -0.15) is 0 Å². The molecule has 2 rings (SSSR count). The highest BCUT2D eigenvalue weighted by Gasteiger charge is 2.21. The van der Waals surface area contributed by atoms with Crippen molar-refractivity contribution in [1.29, 1.82) is 0 Å². The minimum atomic E-state index is -0.807. The maximum Gasteiger partial charge on any atom is 0.260 e. The molecule has 1 heterocycles. The zero-order chi connectivity index (χ0) is 15.2. The predicted octanol–water partition coefficient (Wildman–Crippen LogP) is 1.67. The van der Waals surface area contributed by atoms with Crippen LogP contribution in [-0.2, 0) is 4.79 Å². The summed E-state index contributed by atoms with van der Waals surface area (Å²) in [6.07, 6.45) is 1.83. The molecule has 0 saturated carbocycles. The number of halogens is 2. The zero-order valence-corrected chi connectivity index (χ0v) is 11.7. The third-order valence-electron chi connectivity index (χ3n) is 3.36. The second kappa shape index (κ2) is 7.17. The second-order valence-electron chi connectivity index (χ2n) is 4.83. The quantitative estimate of drug-likeness (QED) is 0.775. The molecule has 6 heteroatoms. The number of ether oxygens (including phenoxy) is 1. The van der Waals surface area contributed by atoms with Gasteiger partial charge in [-0.1, -0.05) is 6.08 Å². The third-order valence-corrected chi connectivity index (χ3v) is 3.36. The van der Waals surface area contributed by atoms with Crippen LogP contribution in [0.25, 0.3) is 0 Å². The van der Waals surface area contributed by atoms with E-state index in [4.69, 9.17) is 4.74 Å². The molecular weight excluding hydrogens is 278 g/mol. The van der Waals surface area contributed by atoms with Gasteiger partial charge in [0.25, 0.3) is 5.91 Å². The van der Waals surface area contributed by atoms with E-state index in [1.807, 2.05) is 6.08 Å². The van der Waals surface area contributed by atoms with Crippen LogP contribution in [0.15, 0.2) is 30.9 Å². The van der Waals surface area contributed by atoms with Crippen molar-refractivity contribution < 1.29 is 18.3 Å². The Labute approximate surface area is 122 Å². The molecule has 1 aromatic carbocycles. The molecule has 0 aliphatic carbocycles. The van der Waals surface area contributed by atoms with E-state index in [9.17, 15) is 13.6 Å². The summed E-state index contributed by atoms with van der Waals surface area (Å²) in [7, 11) is 0. The fraction of sp³-hybridized carbons (Fsp3) is 0.400. The third kappa shape index (κ3) is 4.26. The molecule has 0 bridgehead atoms. The van der Waals surface area contributed by atoms with Crippen molar-refractivity contribution in [3.8, 4) is 5.75 Å². The maximum atomic E-state index is 13.4. The van der Waals surface area contributed by atoms with Gasteiger partial charge in [0, 0.05) is 38.8 Å². The minimum Gasteiger partial charge on any atom is -0.481 e. The molecule has 4 nitrogen and oxygen atoms in total. The molecule has 21 heavy (non-hydrogen) atoms. The lowest BCUT2D eigenvalue weighted by Crippen LogP contribution is -2.49. The molecular formula is C15H18F2N2O2. The van der Waals surface area contributed by atoms with Crippen molar-refractivity contribution in [3.05, 3.63) is 42.5 Å². The molecule has 0 unspecified atom stereocenters. The lowest BCUT2D eigenvalue weighted by molar-refractivity contribution is -0.135. The molecule has 0 radical (unpaired) electrons. The van der Waals surface area contributed by atoms with Crippen molar-refractivity contribution in [2.45, 2.75) is 0 Å².